The van der Waals surface area contributed by atoms with Crippen molar-refractivity contribution in [2.45, 2.75) is 45.7 Å². The van der Waals surface area contributed by atoms with Gasteiger partial charge in [-0.15, -0.1) is 11.3 Å². The van der Waals surface area contributed by atoms with Crippen molar-refractivity contribution in [3.05, 3.63) is 87.1 Å². The first-order valence-electron chi connectivity index (χ1n) is 11.4. The second-order valence-corrected chi connectivity index (χ2v) is 10.3. The lowest BCUT2D eigenvalue weighted by Gasteiger charge is -2.35. The number of nitrogens with zero attached hydrogens (tertiary/aromatic N) is 1. The molecule has 0 fully saturated rings. The Balaban J connectivity index is 2.04. The van der Waals surface area contributed by atoms with Crippen LogP contribution < -0.4 is 15.5 Å². The van der Waals surface area contributed by atoms with E-state index in [1.54, 1.807) is 41.8 Å². The molecule has 3 amide bonds. The number of amides is 3. The van der Waals surface area contributed by atoms with Crippen LogP contribution in [0.3, 0.4) is 0 Å². The van der Waals surface area contributed by atoms with Crippen LogP contribution in [0.2, 0.25) is 5.02 Å². The summed E-state index contributed by atoms with van der Waals surface area (Å²) in [6.07, 6.45) is 0.705. The zero-order valence-electron chi connectivity index (χ0n) is 20.3. The summed E-state index contributed by atoms with van der Waals surface area (Å²) in [6, 6.07) is 16.8. The zero-order valence-corrected chi connectivity index (χ0v) is 21.9. The highest BCUT2D eigenvalue weighted by atomic mass is 35.5. The number of para-hydroxylation sites is 1. The molecular weight excluding hydrogens is 482 g/mol. The van der Waals surface area contributed by atoms with Gasteiger partial charge in [-0.1, -0.05) is 66.6 Å². The van der Waals surface area contributed by atoms with Crippen LogP contribution >= 0.6 is 22.9 Å². The molecular formula is C27H30ClN3O3S. The van der Waals surface area contributed by atoms with E-state index in [0.717, 1.165) is 5.56 Å². The molecule has 3 aromatic rings. The third kappa shape index (κ3) is 6.71. The average molecular weight is 512 g/mol. The zero-order chi connectivity index (χ0) is 25.6. The van der Waals surface area contributed by atoms with E-state index in [-0.39, 0.29) is 18.4 Å². The number of halogens is 1. The van der Waals surface area contributed by atoms with Gasteiger partial charge in [-0.2, -0.15) is 0 Å². The van der Waals surface area contributed by atoms with E-state index in [1.165, 1.54) is 16.2 Å². The van der Waals surface area contributed by atoms with Gasteiger partial charge in [0.15, 0.2) is 0 Å². The number of carbonyl (C=O) groups excluding carboxylic acids is 3. The second kappa shape index (κ2) is 11.5. The molecule has 184 valence electrons. The topological polar surface area (TPSA) is 78.5 Å². The number of anilines is 1. The molecule has 0 aliphatic carbocycles. The molecule has 0 aliphatic heterocycles. The highest BCUT2D eigenvalue weighted by Gasteiger charge is 2.35. The second-order valence-electron chi connectivity index (χ2n) is 8.92. The maximum atomic E-state index is 13.7. The van der Waals surface area contributed by atoms with Crippen LogP contribution in [0.1, 0.15) is 54.0 Å². The summed E-state index contributed by atoms with van der Waals surface area (Å²) in [6.45, 7) is 7.50. The van der Waals surface area contributed by atoms with Gasteiger partial charge in [0.05, 0.1) is 22.1 Å². The summed E-state index contributed by atoms with van der Waals surface area (Å²) in [5, 5.41) is 7.86. The minimum absolute atomic E-state index is 0.297. The van der Waals surface area contributed by atoms with Gasteiger partial charge in [0.1, 0.15) is 6.04 Å². The molecule has 0 bridgehead atoms. The van der Waals surface area contributed by atoms with Crippen LogP contribution in [-0.2, 0) is 9.59 Å². The maximum absolute atomic E-state index is 13.7. The standard InChI is InChI=1S/C27H30ClN3O3S/c1-5-27(3,4)30-26(34)24(19-14-12-18(2)13-15-19)31(21-10-7-6-9-20(21)28)23(32)17-29-25(33)22-11-8-16-35-22/h6-16,24H,5,17H2,1-4H3,(H,29,33)(H,30,34)/t24-/m1/s1. The first-order chi connectivity index (χ1) is 16.6. The molecule has 2 aromatic carbocycles. The molecule has 3 rings (SSSR count). The summed E-state index contributed by atoms with van der Waals surface area (Å²) >= 11 is 7.80. The number of rotatable bonds is 9. The van der Waals surface area contributed by atoms with E-state index in [0.29, 0.717) is 27.6 Å². The van der Waals surface area contributed by atoms with E-state index in [9.17, 15) is 14.4 Å². The molecule has 0 saturated carbocycles. The lowest BCUT2D eigenvalue weighted by atomic mass is 9.97. The van der Waals surface area contributed by atoms with Crippen LogP contribution in [0.15, 0.2) is 66.0 Å². The predicted octanol–water partition coefficient (Wildman–Crippen LogP) is 5.52. The molecule has 6 nitrogen and oxygen atoms in total. The molecule has 0 aliphatic rings. The highest BCUT2D eigenvalue weighted by Crippen LogP contribution is 2.34. The van der Waals surface area contributed by atoms with Gasteiger partial charge in [0.25, 0.3) is 5.91 Å². The number of thiophene rings is 1. The molecule has 0 radical (unpaired) electrons. The van der Waals surface area contributed by atoms with Gasteiger partial charge in [0.2, 0.25) is 11.8 Å². The summed E-state index contributed by atoms with van der Waals surface area (Å²) in [5.41, 5.74) is 1.57. The Bertz CT molecular complexity index is 1180. The van der Waals surface area contributed by atoms with Crippen molar-refractivity contribution in [3.8, 4) is 0 Å². The molecule has 35 heavy (non-hydrogen) atoms. The first-order valence-corrected chi connectivity index (χ1v) is 12.7. The van der Waals surface area contributed by atoms with E-state index >= 15 is 0 Å². The number of hydrogen-bond donors (Lipinski definition) is 2. The van der Waals surface area contributed by atoms with Crippen molar-refractivity contribution in [3.63, 3.8) is 0 Å². The van der Waals surface area contributed by atoms with Gasteiger partial charge >= 0.3 is 0 Å². The van der Waals surface area contributed by atoms with Gasteiger partial charge in [-0.3, -0.25) is 19.3 Å². The van der Waals surface area contributed by atoms with E-state index in [2.05, 4.69) is 10.6 Å². The number of benzene rings is 2. The maximum Gasteiger partial charge on any atom is 0.261 e. The first kappa shape index (κ1) is 26.4. The quantitative estimate of drug-likeness (QED) is 0.397. The number of carbonyl (C=O) groups is 3. The average Bonchev–Trinajstić information content (AvgIpc) is 3.37. The van der Waals surface area contributed by atoms with Crippen molar-refractivity contribution in [2.75, 3.05) is 11.4 Å². The van der Waals surface area contributed by atoms with Crippen LogP contribution in [-0.4, -0.2) is 29.8 Å². The van der Waals surface area contributed by atoms with Gasteiger partial charge < -0.3 is 10.6 Å². The number of aryl methyl sites for hydroxylation is 1. The molecule has 2 N–H and O–H groups in total. The third-order valence-corrected chi connectivity index (χ3v) is 6.96. The third-order valence-electron chi connectivity index (χ3n) is 5.77. The molecule has 1 aromatic heterocycles. The lowest BCUT2D eigenvalue weighted by Crippen LogP contribution is -2.52. The Morgan fingerprint density at radius 1 is 1.03 bits per heavy atom. The molecule has 8 heteroatoms. The Kier molecular flexibility index (Phi) is 8.70. The SMILES string of the molecule is CCC(C)(C)NC(=O)[C@@H](c1ccc(C)cc1)N(C(=O)CNC(=O)c1cccs1)c1ccccc1Cl. The number of hydrogen-bond acceptors (Lipinski definition) is 4. The van der Waals surface area contributed by atoms with Crippen molar-refractivity contribution < 1.29 is 14.4 Å². The Morgan fingerprint density at radius 2 is 1.71 bits per heavy atom. The fraction of sp³-hybridized carbons (Fsp3) is 0.296. The van der Waals surface area contributed by atoms with Crippen molar-refractivity contribution >= 4 is 46.3 Å². The number of nitrogens with one attached hydrogen (secondary N) is 2. The van der Waals surface area contributed by atoms with E-state index in [1.807, 2.05) is 52.0 Å². The summed E-state index contributed by atoms with van der Waals surface area (Å²) in [4.78, 5) is 41.8. The monoisotopic (exact) mass is 511 g/mol. The minimum atomic E-state index is -0.993. The minimum Gasteiger partial charge on any atom is -0.349 e. The van der Waals surface area contributed by atoms with E-state index in [4.69, 9.17) is 11.6 Å². The largest absolute Gasteiger partial charge is 0.349 e. The van der Waals surface area contributed by atoms with Crippen LogP contribution in [0.4, 0.5) is 5.69 Å². The summed E-state index contributed by atoms with van der Waals surface area (Å²) in [5.74, 6) is -1.15. The van der Waals surface area contributed by atoms with Crippen LogP contribution in [0.25, 0.3) is 0 Å². The van der Waals surface area contributed by atoms with Gasteiger partial charge in [-0.05, 0) is 56.3 Å². The Hall–Kier alpha value is -3.16. The van der Waals surface area contributed by atoms with Gasteiger partial charge in [-0.25, -0.2) is 0 Å². The Morgan fingerprint density at radius 3 is 2.31 bits per heavy atom. The molecule has 1 atom stereocenters. The fourth-order valence-electron chi connectivity index (χ4n) is 3.46. The van der Waals surface area contributed by atoms with E-state index < -0.39 is 17.5 Å². The molecule has 1 heterocycles. The summed E-state index contributed by atoms with van der Waals surface area (Å²) in [7, 11) is 0. The fourth-order valence-corrected chi connectivity index (χ4v) is 4.32. The molecule has 0 spiro atoms. The van der Waals surface area contributed by atoms with Crippen LogP contribution in [0.5, 0.6) is 0 Å². The highest BCUT2D eigenvalue weighted by molar-refractivity contribution is 7.12. The smallest absolute Gasteiger partial charge is 0.261 e. The normalized spacial score (nSPS) is 12.0. The summed E-state index contributed by atoms with van der Waals surface area (Å²) < 4.78 is 0. The lowest BCUT2D eigenvalue weighted by molar-refractivity contribution is -0.127. The van der Waals surface area contributed by atoms with Crippen LogP contribution in [0, 0.1) is 6.92 Å². The predicted molar refractivity (Wildman–Crippen MR) is 142 cm³/mol. The molecule has 0 saturated heterocycles. The van der Waals surface area contributed by atoms with Crippen molar-refractivity contribution in [1.82, 2.24) is 10.6 Å². The van der Waals surface area contributed by atoms with Gasteiger partial charge in [0, 0.05) is 5.54 Å². The Labute approximate surface area is 215 Å². The van der Waals surface area contributed by atoms with Crippen molar-refractivity contribution in [1.29, 1.82) is 0 Å². The molecule has 0 unspecified atom stereocenters. The van der Waals surface area contributed by atoms with Crippen molar-refractivity contribution in [2.24, 2.45) is 0 Å².